The highest BCUT2D eigenvalue weighted by Crippen LogP contribution is 2.46. The lowest BCUT2D eigenvalue weighted by molar-refractivity contribution is -0.139. The van der Waals surface area contributed by atoms with Crippen LogP contribution in [0.25, 0.3) is 5.00 Å². The summed E-state index contributed by atoms with van der Waals surface area (Å²) >= 11 is 1.81. The van der Waals surface area contributed by atoms with Crippen molar-refractivity contribution in [3.63, 3.8) is 0 Å². The summed E-state index contributed by atoms with van der Waals surface area (Å²) in [5.74, 6) is 2.16. The van der Waals surface area contributed by atoms with E-state index in [1.807, 2.05) is 23.2 Å². The van der Waals surface area contributed by atoms with E-state index in [4.69, 9.17) is 4.74 Å². The van der Waals surface area contributed by atoms with Crippen molar-refractivity contribution in [1.82, 2.24) is 25.0 Å². The molecule has 0 bridgehead atoms. The van der Waals surface area contributed by atoms with E-state index in [-0.39, 0.29) is 17.9 Å². The maximum Gasteiger partial charge on any atom is 0.226 e. The number of benzene rings is 1. The first-order valence-corrected chi connectivity index (χ1v) is 11.7. The zero-order valence-electron chi connectivity index (χ0n) is 17.5. The van der Waals surface area contributed by atoms with Crippen LogP contribution in [-0.4, -0.2) is 51.9 Å². The molecular weight excluding hydrogens is 410 g/mol. The average Bonchev–Trinajstić information content (AvgIpc) is 3.45. The number of aromatic nitrogens is 3. The fraction of sp³-hybridized carbons (Fsp3) is 0.435. The van der Waals surface area contributed by atoms with Gasteiger partial charge in [-0.3, -0.25) is 14.7 Å². The first-order chi connectivity index (χ1) is 15.2. The third-order valence-electron chi connectivity index (χ3n) is 6.65. The van der Waals surface area contributed by atoms with Gasteiger partial charge in [-0.2, -0.15) is 0 Å². The first kappa shape index (κ1) is 19.2. The molecule has 1 saturated heterocycles. The zero-order valence-corrected chi connectivity index (χ0v) is 18.3. The number of nitrogens with zero attached hydrogens (tertiary/aromatic N) is 4. The summed E-state index contributed by atoms with van der Waals surface area (Å²) < 4.78 is 7.63. The Balaban J connectivity index is 1.41. The van der Waals surface area contributed by atoms with Gasteiger partial charge in [-0.15, -0.1) is 21.5 Å². The number of aryl methyl sites for hydroxylation is 1. The summed E-state index contributed by atoms with van der Waals surface area (Å²) in [5, 5.41) is 13.7. The molecule has 31 heavy (non-hydrogen) atoms. The largest absolute Gasteiger partial charge is 0.378 e. The Hall–Kier alpha value is -2.55. The van der Waals surface area contributed by atoms with Gasteiger partial charge in [0.05, 0.1) is 25.8 Å². The van der Waals surface area contributed by atoms with E-state index in [9.17, 15) is 4.79 Å². The molecule has 4 heterocycles. The molecular formula is C23H25N5O2S. The fourth-order valence-electron chi connectivity index (χ4n) is 5.13. The van der Waals surface area contributed by atoms with Gasteiger partial charge < -0.3 is 9.64 Å². The Labute approximate surface area is 185 Å². The molecule has 0 spiro atoms. The minimum absolute atomic E-state index is 0.0332. The minimum Gasteiger partial charge on any atom is -0.378 e. The zero-order chi connectivity index (χ0) is 20.9. The molecule has 160 valence electrons. The van der Waals surface area contributed by atoms with Gasteiger partial charge in [-0.25, -0.2) is 0 Å². The van der Waals surface area contributed by atoms with E-state index in [1.165, 1.54) is 26.6 Å². The molecule has 2 atom stereocenters. The van der Waals surface area contributed by atoms with Gasteiger partial charge in [0.1, 0.15) is 10.8 Å². The number of carbonyl (C=O) groups is 1. The van der Waals surface area contributed by atoms with Crippen LogP contribution in [0.2, 0.25) is 0 Å². The molecule has 8 heteroatoms. The lowest BCUT2D eigenvalue weighted by atomic mass is 9.95. The number of hydrogen-bond donors (Lipinski definition) is 1. The lowest BCUT2D eigenvalue weighted by Crippen LogP contribution is -2.44. The number of amides is 1. The Morgan fingerprint density at radius 2 is 1.97 bits per heavy atom. The average molecular weight is 436 g/mol. The van der Waals surface area contributed by atoms with E-state index in [0.29, 0.717) is 32.8 Å². The predicted molar refractivity (Wildman–Crippen MR) is 117 cm³/mol. The van der Waals surface area contributed by atoms with Crippen molar-refractivity contribution in [2.75, 3.05) is 26.3 Å². The summed E-state index contributed by atoms with van der Waals surface area (Å²) in [5.41, 5.74) is 3.88. The Kier molecular flexibility index (Phi) is 4.66. The molecule has 1 fully saturated rings. The van der Waals surface area contributed by atoms with Crippen LogP contribution in [-0.2, 0) is 28.9 Å². The number of nitrogens with one attached hydrogen (secondary N) is 1. The van der Waals surface area contributed by atoms with Crippen molar-refractivity contribution in [3.05, 3.63) is 63.5 Å². The Bertz CT molecular complexity index is 1130. The number of rotatable bonds is 2. The normalized spacial score (nSPS) is 22.5. The van der Waals surface area contributed by atoms with Crippen LogP contribution in [0.1, 0.15) is 39.3 Å². The summed E-state index contributed by atoms with van der Waals surface area (Å²) in [7, 11) is 0. The van der Waals surface area contributed by atoms with Crippen molar-refractivity contribution in [2.45, 2.75) is 32.4 Å². The van der Waals surface area contributed by atoms with Crippen molar-refractivity contribution in [3.8, 4) is 5.00 Å². The standard InChI is InChI=1S/C23H25N5O2S/c1-14-25-26-19-13-24-21(15-5-3-2-4-6-15)20-17-11-16(12-18(17)31-23(20)28(14)19)22(29)27-7-9-30-10-8-27/h2-6,16,21,24H,7-13H2,1H3. The maximum atomic E-state index is 13.2. The van der Waals surface area contributed by atoms with Gasteiger partial charge in [-0.1, -0.05) is 30.3 Å². The molecule has 1 N–H and O–H groups in total. The number of thiophene rings is 1. The van der Waals surface area contributed by atoms with Gasteiger partial charge >= 0.3 is 0 Å². The molecule has 3 aliphatic rings. The highest BCUT2D eigenvalue weighted by molar-refractivity contribution is 7.15. The lowest BCUT2D eigenvalue weighted by Gasteiger charge is -2.29. The van der Waals surface area contributed by atoms with Gasteiger partial charge in [-0.05, 0) is 30.9 Å². The number of morpholine rings is 1. The molecule has 1 amide bonds. The van der Waals surface area contributed by atoms with Crippen LogP contribution in [0.5, 0.6) is 0 Å². The molecule has 7 nitrogen and oxygen atoms in total. The molecule has 1 aliphatic carbocycles. The smallest absolute Gasteiger partial charge is 0.226 e. The Morgan fingerprint density at radius 1 is 1.16 bits per heavy atom. The molecule has 3 aromatic rings. The van der Waals surface area contributed by atoms with Crippen LogP contribution in [0.3, 0.4) is 0 Å². The molecule has 2 aromatic heterocycles. The van der Waals surface area contributed by atoms with Crippen LogP contribution in [0.4, 0.5) is 0 Å². The highest BCUT2D eigenvalue weighted by Gasteiger charge is 2.39. The maximum absolute atomic E-state index is 13.2. The molecule has 6 rings (SSSR count). The number of ether oxygens (including phenoxy) is 1. The second-order valence-corrected chi connectivity index (χ2v) is 9.57. The van der Waals surface area contributed by atoms with Crippen molar-refractivity contribution in [1.29, 1.82) is 0 Å². The van der Waals surface area contributed by atoms with E-state index >= 15 is 0 Å². The van der Waals surface area contributed by atoms with Crippen molar-refractivity contribution in [2.24, 2.45) is 5.92 Å². The van der Waals surface area contributed by atoms with Crippen LogP contribution in [0, 0.1) is 12.8 Å². The van der Waals surface area contributed by atoms with Gasteiger partial charge in [0.15, 0.2) is 5.82 Å². The SMILES string of the molecule is Cc1nnc2n1-c1sc3c(c1C(c1ccccc1)NC2)CC(C(=O)N1CCOCC1)C3. The molecule has 0 radical (unpaired) electrons. The Morgan fingerprint density at radius 3 is 2.77 bits per heavy atom. The second kappa shape index (κ2) is 7.55. The highest BCUT2D eigenvalue weighted by atomic mass is 32.1. The van der Waals surface area contributed by atoms with E-state index in [2.05, 4.69) is 50.4 Å². The monoisotopic (exact) mass is 435 g/mol. The molecule has 0 saturated carbocycles. The summed E-state index contributed by atoms with van der Waals surface area (Å²) in [6, 6.07) is 10.7. The van der Waals surface area contributed by atoms with E-state index in [1.54, 1.807) is 0 Å². The third kappa shape index (κ3) is 3.12. The number of fused-ring (bicyclic) bond motifs is 5. The van der Waals surface area contributed by atoms with Crippen LogP contribution >= 0.6 is 11.3 Å². The van der Waals surface area contributed by atoms with E-state index in [0.717, 1.165) is 24.5 Å². The van der Waals surface area contributed by atoms with Crippen molar-refractivity contribution >= 4 is 17.2 Å². The van der Waals surface area contributed by atoms with Crippen molar-refractivity contribution < 1.29 is 9.53 Å². The summed E-state index contributed by atoms with van der Waals surface area (Å²) in [6.45, 7) is 5.37. The quantitative estimate of drug-likeness (QED) is 0.669. The fourth-order valence-corrected chi connectivity index (χ4v) is 6.65. The third-order valence-corrected chi connectivity index (χ3v) is 7.90. The first-order valence-electron chi connectivity index (χ1n) is 10.9. The van der Waals surface area contributed by atoms with Gasteiger partial charge in [0.2, 0.25) is 5.91 Å². The molecule has 2 aliphatic heterocycles. The molecule has 2 unspecified atom stereocenters. The summed E-state index contributed by atoms with van der Waals surface area (Å²) in [4.78, 5) is 16.5. The number of hydrogen-bond acceptors (Lipinski definition) is 6. The van der Waals surface area contributed by atoms with E-state index < -0.39 is 0 Å². The topological polar surface area (TPSA) is 72.3 Å². The van der Waals surface area contributed by atoms with Crippen LogP contribution < -0.4 is 5.32 Å². The van der Waals surface area contributed by atoms with Crippen LogP contribution in [0.15, 0.2) is 30.3 Å². The minimum atomic E-state index is 0.0332. The van der Waals surface area contributed by atoms with Gasteiger partial charge in [0, 0.05) is 29.4 Å². The van der Waals surface area contributed by atoms with Gasteiger partial charge in [0.25, 0.3) is 0 Å². The summed E-state index contributed by atoms with van der Waals surface area (Å²) in [6.07, 6.45) is 1.63. The second-order valence-electron chi connectivity index (χ2n) is 8.49. The molecule has 1 aromatic carbocycles. The number of carbonyl (C=O) groups excluding carboxylic acids is 1. The predicted octanol–water partition coefficient (Wildman–Crippen LogP) is 2.40.